The van der Waals surface area contributed by atoms with E-state index in [0.29, 0.717) is 28.0 Å². The first kappa shape index (κ1) is 22.1. The van der Waals surface area contributed by atoms with Crippen molar-refractivity contribution in [2.24, 2.45) is 5.92 Å². The highest BCUT2D eigenvalue weighted by Gasteiger charge is 2.30. The van der Waals surface area contributed by atoms with E-state index >= 15 is 0 Å². The van der Waals surface area contributed by atoms with E-state index < -0.39 is 5.54 Å². The van der Waals surface area contributed by atoms with Crippen LogP contribution in [0.2, 0.25) is 0 Å². The van der Waals surface area contributed by atoms with Crippen LogP contribution in [-0.4, -0.2) is 32.0 Å². The molecule has 7 nitrogen and oxygen atoms in total. The minimum absolute atomic E-state index is 0.0119. The van der Waals surface area contributed by atoms with Crippen molar-refractivity contribution in [2.75, 3.05) is 5.75 Å². The first-order valence-electron chi connectivity index (χ1n) is 9.40. The molecular formula is C21H22BrN5O2S. The number of hydrogen-bond acceptors (Lipinski definition) is 6. The molecule has 0 saturated heterocycles. The zero-order chi connectivity index (χ0) is 21.7. The summed E-state index contributed by atoms with van der Waals surface area (Å²) in [5.41, 5.74) is 0.161. The van der Waals surface area contributed by atoms with Gasteiger partial charge in [-0.1, -0.05) is 55.9 Å². The topological polar surface area (TPSA) is 96.7 Å². The zero-order valence-electron chi connectivity index (χ0n) is 16.9. The van der Waals surface area contributed by atoms with Crippen LogP contribution >= 0.6 is 27.7 Å². The number of nitrogens with one attached hydrogen (secondary N) is 1. The molecule has 3 rings (SSSR count). The quantitative estimate of drug-likeness (QED) is 0.469. The average molecular weight is 488 g/mol. The van der Waals surface area contributed by atoms with Crippen LogP contribution in [0.1, 0.15) is 26.3 Å². The van der Waals surface area contributed by atoms with Crippen molar-refractivity contribution in [2.45, 2.75) is 38.0 Å². The summed E-state index contributed by atoms with van der Waals surface area (Å²) in [4.78, 5) is 12.5. The fourth-order valence-corrected chi connectivity index (χ4v) is 3.72. The number of aromatic nitrogens is 3. The second-order valence-electron chi connectivity index (χ2n) is 7.29. The SMILES string of the molecule is CC(C)C(C)(C#N)NC(=O)CSc1nnc(-c2ccc(Br)o2)n1Cc1ccccc1. The van der Waals surface area contributed by atoms with Gasteiger partial charge in [-0.3, -0.25) is 9.36 Å². The Hall–Kier alpha value is -2.57. The first-order valence-corrected chi connectivity index (χ1v) is 11.2. The minimum atomic E-state index is -0.916. The number of rotatable bonds is 8. The van der Waals surface area contributed by atoms with Crippen LogP contribution in [0.3, 0.4) is 0 Å². The van der Waals surface area contributed by atoms with Crippen molar-refractivity contribution in [1.82, 2.24) is 20.1 Å². The Morgan fingerprint density at radius 3 is 2.63 bits per heavy atom. The van der Waals surface area contributed by atoms with E-state index in [2.05, 4.69) is 37.5 Å². The molecule has 3 aromatic rings. The summed E-state index contributed by atoms with van der Waals surface area (Å²) in [6, 6.07) is 15.7. The van der Waals surface area contributed by atoms with Gasteiger partial charge in [0.05, 0.1) is 18.4 Å². The van der Waals surface area contributed by atoms with E-state index in [4.69, 9.17) is 4.42 Å². The molecule has 1 unspecified atom stereocenters. The Morgan fingerprint density at radius 2 is 2.03 bits per heavy atom. The molecule has 0 aliphatic carbocycles. The van der Waals surface area contributed by atoms with Crippen LogP contribution in [-0.2, 0) is 11.3 Å². The van der Waals surface area contributed by atoms with Gasteiger partial charge >= 0.3 is 0 Å². The molecule has 0 fully saturated rings. The maximum atomic E-state index is 12.5. The first-order chi connectivity index (χ1) is 14.3. The van der Waals surface area contributed by atoms with Gasteiger partial charge < -0.3 is 9.73 Å². The van der Waals surface area contributed by atoms with Gasteiger partial charge in [-0.2, -0.15) is 5.26 Å². The van der Waals surface area contributed by atoms with Gasteiger partial charge in [0.1, 0.15) is 5.54 Å². The minimum Gasteiger partial charge on any atom is -0.446 e. The lowest BCUT2D eigenvalue weighted by Gasteiger charge is -2.27. The second kappa shape index (κ2) is 9.49. The average Bonchev–Trinajstić information content (AvgIpc) is 3.33. The Balaban J connectivity index is 1.81. The molecule has 30 heavy (non-hydrogen) atoms. The number of nitriles is 1. The standard InChI is InChI=1S/C21H22BrN5O2S/c1-14(2)21(3,13-23)24-18(28)12-30-20-26-25-19(16-9-10-17(22)29-16)27(20)11-15-7-5-4-6-8-15/h4-10,14H,11-12H2,1-3H3,(H,24,28). The molecule has 1 atom stereocenters. The monoisotopic (exact) mass is 487 g/mol. The van der Waals surface area contributed by atoms with Crippen molar-refractivity contribution >= 4 is 33.6 Å². The van der Waals surface area contributed by atoms with Crippen molar-refractivity contribution in [3.8, 4) is 17.7 Å². The molecule has 0 spiro atoms. The third-order valence-electron chi connectivity index (χ3n) is 4.81. The van der Waals surface area contributed by atoms with Gasteiger partial charge in [-0.05, 0) is 46.5 Å². The Morgan fingerprint density at radius 1 is 1.30 bits per heavy atom. The Labute approximate surface area is 188 Å². The highest BCUT2D eigenvalue weighted by atomic mass is 79.9. The predicted octanol–water partition coefficient (Wildman–Crippen LogP) is 4.50. The lowest BCUT2D eigenvalue weighted by molar-refractivity contribution is -0.120. The largest absolute Gasteiger partial charge is 0.446 e. The highest BCUT2D eigenvalue weighted by molar-refractivity contribution is 9.10. The number of carbonyl (C=O) groups is 1. The van der Waals surface area contributed by atoms with Crippen LogP contribution in [0.5, 0.6) is 0 Å². The van der Waals surface area contributed by atoms with Crippen molar-refractivity contribution in [3.05, 3.63) is 52.7 Å². The molecule has 1 N–H and O–H groups in total. The van der Waals surface area contributed by atoms with E-state index in [-0.39, 0.29) is 17.6 Å². The lowest BCUT2D eigenvalue weighted by Crippen LogP contribution is -2.49. The van der Waals surface area contributed by atoms with Crippen LogP contribution in [0, 0.1) is 17.2 Å². The third-order valence-corrected chi connectivity index (χ3v) is 6.21. The molecule has 0 aliphatic heterocycles. The number of nitrogens with zero attached hydrogens (tertiary/aromatic N) is 4. The maximum absolute atomic E-state index is 12.5. The summed E-state index contributed by atoms with van der Waals surface area (Å²) >= 11 is 4.59. The number of thioether (sulfide) groups is 1. The number of hydrogen-bond donors (Lipinski definition) is 1. The molecule has 156 valence electrons. The summed E-state index contributed by atoms with van der Waals surface area (Å²) in [6.45, 7) is 6.07. The molecule has 0 radical (unpaired) electrons. The van der Waals surface area contributed by atoms with Crippen molar-refractivity contribution in [3.63, 3.8) is 0 Å². The number of carbonyl (C=O) groups excluding carboxylic acids is 1. The molecule has 0 saturated carbocycles. The second-order valence-corrected chi connectivity index (χ2v) is 9.01. The molecular weight excluding hydrogens is 466 g/mol. The predicted molar refractivity (Wildman–Crippen MR) is 119 cm³/mol. The normalized spacial score (nSPS) is 13.1. The van der Waals surface area contributed by atoms with Gasteiger partial charge in [0.2, 0.25) is 11.7 Å². The number of furan rings is 1. The highest BCUT2D eigenvalue weighted by Crippen LogP contribution is 2.28. The summed E-state index contributed by atoms with van der Waals surface area (Å²) in [5, 5.41) is 21.4. The fourth-order valence-electron chi connectivity index (χ4n) is 2.68. The van der Waals surface area contributed by atoms with Gasteiger partial charge in [-0.15, -0.1) is 10.2 Å². The van der Waals surface area contributed by atoms with E-state index in [0.717, 1.165) is 5.56 Å². The van der Waals surface area contributed by atoms with Gasteiger partial charge in [0.25, 0.3) is 0 Å². The number of amides is 1. The molecule has 2 aromatic heterocycles. The molecule has 0 aliphatic rings. The van der Waals surface area contributed by atoms with Crippen LogP contribution in [0.4, 0.5) is 0 Å². The lowest BCUT2D eigenvalue weighted by atomic mass is 9.90. The number of benzene rings is 1. The van der Waals surface area contributed by atoms with Gasteiger partial charge in [0, 0.05) is 0 Å². The van der Waals surface area contributed by atoms with Crippen molar-refractivity contribution in [1.29, 1.82) is 5.26 Å². The fraction of sp³-hybridized carbons (Fsp3) is 0.333. The molecule has 0 bridgehead atoms. The third kappa shape index (κ3) is 5.12. The maximum Gasteiger partial charge on any atom is 0.231 e. The smallest absolute Gasteiger partial charge is 0.231 e. The van der Waals surface area contributed by atoms with E-state index in [1.165, 1.54) is 11.8 Å². The molecule has 1 amide bonds. The van der Waals surface area contributed by atoms with Crippen LogP contribution in [0.15, 0.2) is 56.7 Å². The zero-order valence-corrected chi connectivity index (χ0v) is 19.3. The van der Waals surface area contributed by atoms with Crippen LogP contribution < -0.4 is 5.32 Å². The van der Waals surface area contributed by atoms with E-state index in [1.807, 2.05) is 54.8 Å². The van der Waals surface area contributed by atoms with Crippen LogP contribution in [0.25, 0.3) is 11.6 Å². The van der Waals surface area contributed by atoms with Gasteiger partial charge in [0.15, 0.2) is 15.6 Å². The summed E-state index contributed by atoms with van der Waals surface area (Å²) in [7, 11) is 0. The molecule has 2 heterocycles. The van der Waals surface area contributed by atoms with Gasteiger partial charge in [-0.25, -0.2) is 0 Å². The Bertz CT molecular complexity index is 1060. The summed E-state index contributed by atoms with van der Waals surface area (Å²) in [5.74, 6) is 1.05. The van der Waals surface area contributed by atoms with Crippen molar-refractivity contribution < 1.29 is 9.21 Å². The van der Waals surface area contributed by atoms with E-state index in [1.54, 1.807) is 13.0 Å². The summed E-state index contributed by atoms with van der Waals surface area (Å²) < 4.78 is 8.19. The summed E-state index contributed by atoms with van der Waals surface area (Å²) in [6.07, 6.45) is 0. The molecule has 1 aromatic carbocycles. The van der Waals surface area contributed by atoms with E-state index in [9.17, 15) is 10.1 Å². The number of halogens is 1. The molecule has 9 heteroatoms. The Kier molecular flexibility index (Phi) is 7.00.